The molecule has 6 heteroatoms. The van der Waals surface area contributed by atoms with Crippen LogP contribution in [0.3, 0.4) is 0 Å². The lowest BCUT2D eigenvalue weighted by Crippen LogP contribution is -2.72. The fraction of sp³-hybridized carbons (Fsp3) is 0.778. The van der Waals surface area contributed by atoms with E-state index < -0.39 is 0 Å². The van der Waals surface area contributed by atoms with Gasteiger partial charge >= 0.3 is 0 Å². The molecule has 1 fully saturated rings. The summed E-state index contributed by atoms with van der Waals surface area (Å²) >= 11 is 1.76. The minimum Gasteiger partial charge on any atom is -0.356 e. The molecule has 0 saturated carbocycles. The molecule has 0 spiro atoms. The van der Waals surface area contributed by atoms with E-state index in [0.29, 0.717) is 11.3 Å². The standard InChI is InChI=1S/C18H32N4S.HI/c1-8-19-16(22-12-17(4,5)18(22,6)7)20-10-9-14-11-23-15(21-14)13(2)3;/h11,13H,8-10,12H2,1-7H3,(H,19,20);1H. The summed E-state index contributed by atoms with van der Waals surface area (Å²) in [5.41, 5.74) is 1.63. The van der Waals surface area contributed by atoms with Crippen LogP contribution < -0.4 is 5.32 Å². The van der Waals surface area contributed by atoms with E-state index in [0.717, 1.165) is 32.0 Å². The van der Waals surface area contributed by atoms with Gasteiger partial charge in [0.05, 0.1) is 10.7 Å². The van der Waals surface area contributed by atoms with Crippen molar-refractivity contribution in [1.29, 1.82) is 0 Å². The van der Waals surface area contributed by atoms with Gasteiger partial charge in [-0.25, -0.2) is 4.98 Å². The van der Waals surface area contributed by atoms with Crippen molar-refractivity contribution in [3.63, 3.8) is 0 Å². The Bertz CT molecular complexity index is 563. The third-order valence-corrected chi connectivity index (χ3v) is 6.36. The summed E-state index contributed by atoms with van der Waals surface area (Å²) in [4.78, 5) is 11.9. The van der Waals surface area contributed by atoms with Crippen LogP contribution in [0.2, 0.25) is 0 Å². The van der Waals surface area contributed by atoms with E-state index in [-0.39, 0.29) is 29.5 Å². The van der Waals surface area contributed by atoms with Gasteiger partial charge in [-0.15, -0.1) is 35.3 Å². The molecule has 0 amide bonds. The molecule has 24 heavy (non-hydrogen) atoms. The molecular weight excluding hydrogens is 431 g/mol. The number of nitrogens with zero attached hydrogens (tertiary/aromatic N) is 3. The Morgan fingerprint density at radius 3 is 2.50 bits per heavy atom. The predicted octanol–water partition coefficient (Wildman–Crippen LogP) is 4.51. The van der Waals surface area contributed by atoms with Crippen LogP contribution in [0.1, 0.15) is 65.1 Å². The van der Waals surface area contributed by atoms with Crippen LogP contribution in [0, 0.1) is 5.41 Å². The largest absolute Gasteiger partial charge is 0.356 e. The van der Waals surface area contributed by atoms with E-state index in [9.17, 15) is 0 Å². The first-order chi connectivity index (χ1) is 10.7. The maximum Gasteiger partial charge on any atom is 0.194 e. The van der Waals surface area contributed by atoms with Gasteiger partial charge in [0, 0.05) is 48.3 Å². The van der Waals surface area contributed by atoms with Crippen LogP contribution >= 0.6 is 35.3 Å². The van der Waals surface area contributed by atoms with Crippen LogP contribution in [0.15, 0.2) is 10.4 Å². The van der Waals surface area contributed by atoms with E-state index in [4.69, 9.17) is 9.98 Å². The fourth-order valence-corrected chi connectivity index (χ4v) is 3.64. The first-order valence-electron chi connectivity index (χ1n) is 8.69. The highest BCUT2D eigenvalue weighted by molar-refractivity contribution is 14.0. The number of hydrogen-bond acceptors (Lipinski definition) is 3. The highest BCUT2D eigenvalue weighted by Crippen LogP contribution is 2.46. The molecule has 138 valence electrons. The Balaban J connectivity index is 0.00000288. The molecule has 0 atom stereocenters. The molecule has 1 saturated heterocycles. The summed E-state index contributed by atoms with van der Waals surface area (Å²) in [6, 6.07) is 0. The van der Waals surface area contributed by atoms with E-state index in [1.807, 2.05) is 0 Å². The Morgan fingerprint density at radius 2 is 2.04 bits per heavy atom. The number of aromatic nitrogens is 1. The van der Waals surface area contributed by atoms with Crippen molar-refractivity contribution in [2.75, 3.05) is 19.6 Å². The minimum atomic E-state index is 0. The second-order valence-electron chi connectivity index (χ2n) is 7.85. The van der Waals surface area contributed by atoms with Crippen molar-refractivity contribution in [3.05, 3.63) is 16.1 Å². The molecule has 4 nitrogen and oxygen atoms in total. The van der Waals surface area contributed by atoms with Crippen molar-refractivity contribution < 1.29 is 0 Å². The number of hydrogen-bond donors (Lipinski definition) is 1. The maximum absolute atomic E-state index is 4.84. The normalized spacial score (nSPS) is 19.0. The molecule has 2 rings (SSSR count). The molecular formula is C18H33IN4S. The Morgan fingerprint density at radius 1 is 1.38 bits per heavy atom. The highest BCUT2D eigenvalue weighted by atomic mass is 127. The number of thiazole rings is 1. The third kappa shape index (κ3) is 4.42. The molecule has 0 radical (unpaired) electrons. The lowest BCUT2D eigenvalue weighted by atomic mass is 9.65. The first-order valence-corrected chi connectivity index (χ1v) is 9.57. The molecule has 0 aromatic carbocycles. The maximum atomic E-state index is 4.84. The van der Waals surface area contributed by atoms with Crippen LogP contribution in [0.5, 0.6) is 0 Å². The van der Waals surface area contributed by atoms with Crippen molar-refractivity contribution in [3.8, 4) is 0 Å². The summed E-state index contributed by atoms with van der Waals surface area (Å²) in [6.45, 7) is 18.5. The van der Waals surface area contributed by atoms with Crippen LogP contribution in [-0.4, -0.2) is 41.0 Å². The molecule has 0 bridgehead atoms. The molecule has 1 aromatic rings. The molecule has 1 aliphatic heterocycles. The van der Waals surface area contributed by atoms with Crippen molar-refractivity contribution in [1.82, 2.24) is 15.2 Å². The van der Waals surface area contributed by atoms with Gasteiger partial charge in [0.25, 0.3) is 0 Å². The number of guanidine groups is 1. The van der Waals surface area contributed by atoms with Crippen molar-refractivity contribution >= 4 is 41.3 Å². The summed E-state index contributed by atoms with van der Waals surface area (Å²) in [6.07, 6.45) is 0.912. The SMILES string of the molecule is CCNC(=NCCc1csc(C(C)C)n1)N1CC(C)(C)C1(C)C.I. The Kier molecular flexibility index (Phi) is 7.53. The topological polar surface area (TPSA) is 40.5 Å². The Hall–Kier alpha value is -0.370. The quantitative estimate of drug-likeness (QED) is 0.396. The van der Waals surface area contributed by atoms with E-state index in [2.05, 4.69) is 64.1 Å². The number of nitrogens with one attached hydrogen (secondary N) is 1. The predicted molar refractivity (Wildman–Crippen MR) is 116 cm³/mol. The zero-order valence-electron chi connectivity index (χ0n) is 16.1. The summed E-state index contributed by atoms with van der Waals surface area (Å²) in [5, 5.41) is 6.84. The molecule has 2 heterocycles. The number of halogens is 1. The number of aliphatic imine (C=N–C) groups is 1. The zero-order chi connectivity index (χ0) is 17.3. The van der Waals surface area contributed by atoms with Gasteiger partial charge < -0.3 is 10.2 Å². The average Bonchev–Trinajstić information content (AvgIpc) is 2.93. The van der Waals surface area contributed by atoms with Crippen LogP contribution in [-0.2, 0) is 6.42 Å². The van der Waals surface area contributed by atoms with Crippen molar-refractivity contribution in [2.45, 2.75) is 66.3 Å². The van der Waals surface area contributed by atoms with E-state index in [1.54, 1.807) is 11.3 Å². The molecule has 1 aromatic heterocycles. The van der Waals surface area contributed by atoms with Gasteiger partial charge in [0.2, 0.25) is 0 Å². The van der Waals surface area contributed by atoms with Crippen LogP contribution in [0.25, 0.3) is 0 Å². The van der Waals surface area contributed by atoms with Gasteiger partial charge in [-0.05, 0) is 20.8 Å². The highest BCUT2D eigenvalue weighted by Gasteiger charge is 2.53. The van der Waals surface area contributed by atoms with E-state index >= 15 is 0 Å². The smallest absolute Gasteiger partial charge is 0.194 e. The summed E-state index contributed by atoms with van der Waals surface area (Å²) < 4.78 is 0. The minimum absolute atomic E-state index is 0. The zero-order valence-corrected chi connectivity index (χ0v) is 19.3. The van der Waals surface area contributed by atoms with Crippen molar-refractivity contribution in [2.24, 2.45) is 10.4 Å². The number of likely N-dealkylation sites (tertiary alicyclic amines) is 1. The van der Waals surface area contributed by atoms with Gasteiger partial charge in [-0.3, -0.25) is 4.99 Å². The summed E-state index contributed by atoms with van der Waals surface area (Å²) in [5.74, 6) is 1.55. The fourth-order valence-electron chi connectivity index (χ4n) is 2.77. The third-order valence-electron chi connectivity index (χ3n) is 5.17. The molecule has 1 N–H and O–H groups in total. The lowest BCUT2D eigenvalue weighted by molar-refractivity contribution is -0.0667. The Labute approximate surface area is 168 Å². The molecule has 1 aliphatic rings. The summed E-state index contributed by atoms with van der Waals surface area (Å²) in [7, 11) is 0. The average molecular weight is 464 g/mol. The lowest BCUT2D eigenvalue weighted by Gasteiger charge is -2.62. The van der Waals surface area contributed by atoms with Crippen LogP contribution in [0.4, 0.5) is 0 Å². The second-order valence-corrected chi connectivity index (χ2v) is 8.74. The first kappa shape index (κ1) is 21.7. The number of rotatable bonds is 5. The monoisotopic (exact) mass is 464 g/mol. The molecule has 0 unspecified atom stereocenters. The van der Waals surface area contributed by atoms with Gasteiger partial charge in [-0.1, -0.05) is 27.7 Å². The van der Waals surface area contributed by atoms with E-state index in [1.165, 1.54) is 10.7 Å². The molecule has 0 aliphatic carbocycles. The van der Waals surface area contributed by atoms with Gasteiger partial charge in [-0.2, -0.15) is 0 Å². The second kappa shape index (κ2) is 8.34. The van der Waals surface area contributed by atoms with Gasteiger partial charge in [0.15, 0.2) is 5.96 Å². The van der Waals surface area contributed by atoms with Gasteiger partial charge in [0.1, 0.15) is 0 Å².